The lowest BCUT2D eigenvalue weighted by atomic mass is 10.0. The van der Waals surface area contributed by atoms with E-state index in [0.29, 0.717) is 18.2 Å². The summed E-state index contributed by atoms with van der Waals surface area (Å²) in [5.41, 5.74) is -0.601. The molecular formula is C20H18F5NO4. The van der Waals surface area contributed by atoms with Crippen LogP contribution in [0.1, 0.15) is 16.7 Å². The van der Waals surface area contributed by atoms with Crippen LogP contribution in [0.5, 0.6) is 11.5 Å². The van der Waals surface area contributed by atoms with Crippen LogP contribution in [0.15, 0.2) is 48.7 Å². The molecular weight excluding hydrogens is 413 g/mol. The van der Waals surface area contributed by atoms with Gasteiger partial charge in [0, 0.05) is 6.54 Å². The zero-order valence-electron chi connectivity index (χ0n) is 15.7. The average Bonchev–Trinajstić information content (AvgIpc) is 2.69. The number of nitrogens with one attached hydrogen (secondary N) is 1. The van der Waals surface area contributed by atoms with E-state index in [1.54, 1.807) is 12.1 Å². The predicted octanol–water partition coefficient (Wildman–Crippen LogP) is 4.36. The monoisotopic (exact) mass is 431 g/mol. The minimum absolute atomic E-state index is 0.0209. The van der Waals surface area contributed by atoms with E-state index in [1.807, 2.05) is 0 Å². The number of halogens is 5. The Morgan fingerprint density at radius 3 is 2.40 bits per heavy atom. The first kappa shape index (κ1) is 23.0. The van der Waals surface area contributed by atoms with Crippen LogP contribution in [0.3, 0.4) is 0 Å². The summed E-state index contributed by atoms with van der Waals surface area (Å²) in [4.78, 5) is 12.4. The van der Waals surface area contributed by atoms with E-state index in [2.05, 4.69) is 10.1 Å². The molecule has 0 spiro atoms. The number of hydrogen-bond donors (Lipinski definition) is 2. The Morgan fingerprint density at radius 1 is 1.17 bits per heavy atom. The predicted molar refractivity (Wildman–Crippen MR) is 97.9 cm³/mol. The lowest BCUT2D eigenvalue weighted by Gasteiger charge is -2.12. The molecule has 0 atom stereocenters. The molecule has 0 aliphatic rings. The summed E-state index contributed by atoms with van der Waals surface area (Å²) in [5.74, 6) is -0.613. The Kier molecular flexibility index (Phi) is 7.62. The number of alkyl halides is 5. The van der Waals surface area contributed by atoms with Crippen LogP contribution in [0, 0.1) is 0 Å². The molecule has 10 heteroatoms. The second-order valence-electron chi connectivity index (χ2n) is 6.02. The number of rotatable bonds is 8. The second kappa shape index (κ2) is 9.95. The molecule has 0 aliphatic heterocycles. The van der Waals surface area contributed by atoms with Crippen molar-refractivity contribution in [1.82, 2.24) is 5.32 Å². The van der Waals surface area contributed by atoms with E-state index < -0.39 is 24.3 Å². The standard InChI is InChI=1S/C20H18F5NO4/c1-29-17-10-12(2-7-16(17)27)8-9-26-18(28)15(11-30-19(21)22)13-3-5-14(6-4-13)20(23,24)25/h2-7,10-11,19,27H,8-9H2,1H3,(H,26,28)/b15-11+. The van der Waals surface area contributed by atoms with Crippen molar-refractivity contribution in [1.29, 1.82) is 0 Å². The zero-order chi connectivity index (χ0) is 22.3. The van der Waals surface area contributed by atoms with Crippen LogP contribution in [0.4, 0.5) is 22.0 Å². The largest absolute Gasteiger partial charge is 0.504 e. The third-order valence-electron chi connectivity index (χ3n) is 4.00. The molecule has 0 fully saturated rings. The molecule has 162 valence electrons. The topological polar surface area (TPSA) is 67.8 Å². The van der Waals surface area contributed by atoms with Crippen LogP contribution in [-0.4, -0.2) is 31.3 Å². The van der Waals surface area contributed by atoms with Gasteiger partial charge in [-0.15, -0.1) is 0 Å². The van der Waals surface area contributed by atoms with Crippen molar-refractivity contribution in [2.45, 2.75) is 19.2 Å². The Morgan fingerprint density at radius 2 is 1.83 bits per heavy atom. The molecule has 2 aromatic carbocycles. The SMILES string of the molecule is COc1cc(CCNC(=O)/C(=C/OC(F)F)c2ccc(C(F)(F)F)cc2)ccc1O. The summed E-state index contributed by atoms with van der Waals surface area (Å²) in [6.07, 6.45) is -3.75. The quantitative estimate of drug-likeness (QED) is 0.370. The number of amides is 1. The molecule has 0 radical (unpaired) electrons. The average molecular weight is 431 g/mol. The maximum absolute atomic E-state index is 12.7. The molecule has 1 amide bonds. The van der Waals surface area contributed by atoms with Crippen molar-refractivity contribution >= 4 is 11.5 Å². The van der Waals surface area contributed by atoms with Gasteiger partial charge >= 0.3 is 12.8 Å². The molecule has 0 saturated heterocycles. The van der Waals surface area contributed by atoms with Gasteiger partial charge in [0.05, 0.1) is 18.2 Å². The summed E-state index contributed by atoms with van der Waals surface area (Å²) in [6.45, 7) is -3.12. The van der Waals surface area contributed by atoms with Crippen LogP contribution in [0.25, 0.3) is 5.57 Å². The molecule has 30 heavy (non-hydrogen) atoms. The molecule has 0 bridgehead atoms. The lowest BCUT2D eigenvalue weighted by Crippen LogP contribution is -2.27. The Balaban J connectivity index is 2.11. The number of benzene rings is 2. The Hall–Kier alpha value is -3.30. The van der Waals surface area contributed by atoms with Gasteiger partial charge in [-0.25, -0.2) is 0 Å². The van der Waals surface area contributed by atoms with E-state index >= 15 is 0 Å². The van der Waals surface area contributed by atoms with Crippen LogP contribution >= 0.6 is 0 Å². The number of hydrogen-bond acceptors (Lipinski definition) is 4. The molecule has 0 saturated carbocycles. The first-order valence-corrected chi connectivity index (χ1v) is 8.57. The highest BCUT2D eigenvalue weighted by molar-refractivity contribution is 6.19. The summed E-state index contributed by atoms with van der Waals surface area (Å²) < 4.78 is 71.9. The van der Waals surface area contributed by atoms with Crippen molar-refractivity contribution in [2.75, 3.05) is 13.7 Å². The van der Waals surface area contributed by atoms with Gasteiger partial charge in [-0.3, -0.25) is 4.79 Å². The summed E-state index contributed by atoms with van der Waals surface area (Å²) in [7, 11) is 1.38. The van der Waals surface area contributed by atoms with Gasteiger partial charge < -0.3 is 19.9 Å². The van der Waals surface area contributed by atoms with Gasteiger partial charge in [-0.2, -0.15) is 22.0 Å². The smallest absolute Gasteiger partial charge is 0.416 e. The fraction of sp³-hybridized carbons (Fsp3) is 0.250. The van der Waals surface area contributed by atoms with E-state index in [0.717, 1.165) is 24.3 Å². The molecule has 2 N–H and O–H groups in total. The normalized spacial score (nSPS) is 12.0. The zero-order valence-corrected chi connectivity index (χ0v) is 15.7. The van der Waals surface area contributed by atoms with Crippen molar-refractivity contribution in [3.8, 4) is 11.5 Å². The first-order chi connectivity index (χ1) is 14.1. The van der Waals surface area contributed by atoms with Gasteiger partial charge in [0.2, 0.25) is 0 Å². The van der Waals surface area contributed by atoms with E-state index in [9.17, 15) is 31.9 Å². The third kappa shape index (κ3) is 6.36. The fourth-order valence-corrected chi connectivity index (χ4v) is 2.50. The molecule has 2 rings (SSSR count). The molecule has 2 aromatic rings. The van der Waals surface area contributed by atoms with Crippen molar-refractivity contribution in [3.63, 3.8) is 0 Å². The van der Waals surface area contributed by atoms with Crippen LogP contribution in [0.2, 0.25) is 0 Å². The molecule has 0 aliphatic carbocycles. The third-order valence-corrected chi connectivity index (χ3v) is 4.00. The number of carbonyl (C=O) groups is 1. The van der Waals surface area contributed by atoms with Crippen LogP contribution < -0.4 is 10.1 Å². The molecule has 0 unspecified atom stereocenters. The minimum Gasteiger partial charge on any atom is -0.504 e. The van der Waals surface area contributed by atoms with Gasteiger partial charge in [0.25, 0.3) is 5.91 Å². The highest BCUT2D eigenvalue weighted by atomic mass is 19.4. The number of methoxy groups -OCH3 is 1. The van der Waals surface area contributed by atoms with Crippen LogP contribution in [-0.2, 0) is 22.1 Å². The number of phenols is 1. The van der Waals surface area contributed by atoms with Gasteiger partial charge in [-0.1, -0.05) is 18.2 Å². The second-order valence-corrected chi connectivity index (χ2v) is 6.02. The fourth-order valence-electron chi connectivity index (χ4n) is 2.50. The van der Waals surface area contributed by atoms with Gasteiger partial charge in [0.15, 0.2) is 11.5 Å². The van der Waals surface area contributed by atoms with Gasteiger partial charge in [-0.05, 0) is 41.8 Å². The Bertz CT molecular complexity index is 895. The summed E-state index contributed by atoms with van der Waals surface area (Å²) in [6, 6.07) is 8.05. The van der Waals surface area contributed by atoms with Gasteiger partial charge in [0.1, 0.15) is 6.26 Å². The Labute approximate surface area is 168 Å². The van der Waals surface area contributed by atoms with Crippen molar-refractivity contribution in [3.05, 3.63) is 65.4 Å². The highest BCUT2D eigenvalue weighted by Crippen LogP contribution is 2.30. The first-order valence-electron chi connectivity index (χ1n) is 8.57. The number of ether oxygens (including phenoxy) is 2. The number of carbonyl (C=O) groups excluding carboxylic acids is 1. The number of phenolic OH excluding ortho intramolecular Hbond substituents is 1. The lowest BCUT2D eigenvalue weighted by molar-refractivity contribution is -0.137. The minimum atomic E-state index is -4.57. The highest BCUT2D eigenvalue weighted by Gasteiger charge is 2.30. The molecule has 0 aromatic heterocycles. The van der Waals surface area contributed by atoms with Crippen molar-refractivity contribution < 1.29 is 41.3 Å². The van der Waals surface area contributed by atoms with E-state index in [-0.39, 0.29) is 29.2 Å². The van der Waals surface area contributed by atoms with E-state index in [1.165, 1.54) is 13.2 Å². The van der Waals surface area contributed by atoms with E-state index in [4.69, 9.17) is 4.74 Å². The van der Waals surface area contributed by atoms with Crippen molar-refractivity contribution in [2.24, 2.45) is 0 Å². The number of aromatic hydroxyl groups is 1. The maximum Gasteiger partial charge on any atom is 0.416 e. The summed E-state index contributed by atoms with van der Waals surface area (Å²) >= 11 is 0. The summed E-state index contributed by atoms with van der Waals surface area (Å²) in [5, 5.41) is 12.1. The molecule has 5 nitrogen and oxygen atoms in total. The maximum atomic E-state index is 12.7. The molecule has 0 heterocycles.